The molecule has 0 amide bonds. The second-order valence-electron chi connectivity index (χ2n) is 5.26. The molecular weight excluding hydrogens is 236 g/mol. The van der Waals surface area contributed by atoms with Gasteiger partial charge in [0.1, 0.15) is 11.6 Å². The van der Waals surface area contributed by atoms with Crippen LogP contribution >= 0.6 is 0 Å². The Morgan fingerprint density at radius 3 is 2.78 bits per heavy atom. The first-order valence-electron chi connectivity index (χ1n) is 6.49. The molecule has 1 saturated heterocycles. The van der Waals surface area contributed by atoms with Gasteiger partial charge in [-0.25, -0.2) is 8.78 Å². The summed E-state index contributed by atoms with van der Waals surface area (Å²) in [5.74, 6) is 0.331. The molecule has 3 rings (SSSR count). The van der Waals surface area contributed by atoms with Gasteiger partial charge < -0.3 is 10.1 Å². The zero-order valence-electron chi connectivity index (χ0n) is 10.2. The summed E-state index contributed by atoms with van der Waals surface area (Å²) in [7, 11) is 0. The Bertz CT molecular complexity index is 434. The summed E-state index contributed by atoms with van der Waals surface area (Å²) in [4.78, 5) is 0. The molecule has 98 valence electrons. The number of benzene rings is 1. The first kappa shape index (κ1) is 12.1. The maximum absolute atomic E-state index is 13.5. The van der Waals surface area contributed by atoms with Crippen molar-refractivity contribution >= 4 is 0 Å². The molecular formula is C14H17F2NO. The zero-order chi connectivity index (χ0) is 12.5. The molecule has 1 heterocycles. The lowest BCUT2D eigenvalue weighted by molar-refractivity contribution is 0.179. The van der Waals surface area contributed by atoms with Crippen LogP contribution in [0.15, 0.2) is 18.2 Å². The smallest absolute Gasteiger partial charge is 0.130 e. The van der Waals surface area contributed by atoms with Crippen LogP contribution in [0, 0.1) is 23.5 Å². The molecule has 0 spiro atoms. The first-order valence-corrected chi connectivity index (χ1v) is 6.49. The number of rotatable bonds is 4. The minimum Gasteiger partial charge on any atom is -0.379 e. The maximum atomic E-state index is 13.5. The summed E-state index contributed by atoms with van der Waals surface area (Å²) in [6.45, 7) is 1.95. The zero-order valence-corrected chi connectivity index (χ0v) is 10.2. The quantitative estimate of drug-likeness (QED) is 0.890. The van der Waals surface area contributed by atoms with Gasteiger partial charge in [-0.1, -0.05) is 6.07 Å². The molecule has 2 atom stereocenters. The monoisotopic (exact) mass is 253 g/mol. The Morgan fingerprint density at radius 2 is 2.06 bits per heavy atom. The summed E-state index contributed by atoms with van der Waals surface area (Å²) in [5, 5.41) is 3.34. The van der Waals surface area contributed by atoms with Crippen LogP contribution in [-0.4, -0.2) is 19.3 Å². The molecule has 18 heavy (non-hydrogen) atoms. The van der Waals surface area contributed by atoms with Crippen LogP contribution in [0.25, 0.3) is 0 Å². The lowest BCUT2D eigenvalue weighted by atomic mass is 9.98. The van der Waals surface area contributed by atoms with Crippen molar-refractivity contribution in [3.63, 3.8) is 0 Å². The van der Waals surface area contributed by atoms with Crippen molar-refractivity contribution in [2.75, 3.05) is 13.2 Å². The van der Waals surface area contributed by atoms with Crippen molar-refractivity contribution in [3.8, 4) is 0 Å². The van der Waals surface area contributed by atoms with E-state index in [1.807, 2.05) is 0 Å². The van der Waals surface area contributed by atoms with Gasteiger partial charge >= 0.3 is 0 Å². The molecule has 1 aliphatic carbocycles. The van der Waals surface area contributed by atoms with Gasteiger partial charge in [-0.15, -0.1) is 0 Å². The first-order chi connectivity index (χ1) is 8.74. The highest BCUT2D eigenvalue weighted by Gasteiger charge is 2.39. The average Bonchev–Trinajstić information content (AvgIpc) is 3.08. The average molecular weight is 253 g/mol. The van der Waals surface area contributed by atoms with Crippen molar-refractivity contribution in [1.82, 2.24) is 5.32 Å². The fraction of sp³-hybridized carbons (Fsp3) is 0.571. The van der Waals surface area contributed by atoms with Crippen LogP contribution in [-0.2, 0) is 11.3 Å². The van der Waals surface area contributed by atoms with Crippen molar-refractivity contribution < 1.29 is 13.5 Å². The molecule has 1 saturated carbocycles. The number of hydrogen-bond donors (Lipinski definition) is 1. The van der Waals surface area contributed by atoms with Crippen LogP contribution in [0.1, 0.15) is 18.4 Å². The maximum Gasteiger partial charge on any atom is 0.130 e. The predicted octanol–water partition coefficient (Wildman–Crippen LogP) is 2.48. The van der Waals surface area contributed by atoms with Crippen molar-refractivity contribution in [3.05, 3.63) is 35.4 Å². The normalized spacial score (nSPS) is 27.7. The van der Waals surface area contributed by atoms with Crippen LogP contribution in [0.3, 0.4) is 0 Å². The van der Waals surface area contributed by atoms with Crippen LogP contribution in [0.5, 0.6) is 0 Å². The third kappa shape index (κ3) is 2.54. The van der Waals surface area contributed by atoms with Gasteiger partial charge in [-0.05, 0) is 24.8 Å². The molecule has 4 heteroatoms. The SMILES string of the molecule is Fc1ccc(CNC2COCC2C2CC2)c(F)c1. The van der Waals surface area contributed by atoms with E-state index in [4.69, 9.17) is 4.74 Å². The van der Waals surface area contributed by atoms with Gasteiger partial charge in [0.2, 0.25) is 0 Å². The second kappa shape index (κ2) is 4.94. The fourth-order valence-corrected chi connectivity index (χ4v) is 2.68. The van der Waals surface area contributed by atoms with Crippen molar-refractivity contribution in [1.29, 1.82) is 0 Å². The minimum atomic E-state index is -0.531. The molecule has 0 aromatic heterocycles. The van der Waals surface area contributed by atoms with Crippen molar-refractivity contribution in [2.24, 2.45) is 11.8 Å². The summed E-state index contributed by atoms with van der Waals surface area (Å²) < 4.78 is 31.8. The molecule has 1 aliphatic heterocycles. The Hall–Kier alpha value is -1.00. The molecule has 2 aliphatic rings. The molecule has 0 radical (unpaired) electrons. The molecule has 1 aromatic carbocycles. The molecule has 1 aromatic rings. The Kier molecular flexibility index (Phi) is 3.31. The van der Waals surface area contributed by atoms with Crippen molar-refractivity contribution in [2.45, 2.75) is 25.4 Å². The number of hydrogen-bond acceptors (Lipinski definition) is 2. The third-order valence-corrected chi connectivity index (χ3v) is 3.92. The predicted molar refractivity (Wildman–Crippen MR) is 64.0 cm³/mol. The van der Waals surface area contributed by atoms with Gasteiger partial charge in [-0.2, -0.15) is 0 Å². The highest BCUT2D eigenvalue weighted by Crippen LogP contribution is 2.40. The second-order valence-corrected chi connectivity index (χ2v) is 5.26. The van der Waals surface area contributed by atoms with Gasteiger partial charge in [0, 0.05) is 30.1 Å². The number of halogens is 2. The molecule has 2 unspecified atom stereocenters. The molecule has 2 fully saturated rings. The van der Waals surface area contributed by atoms with E-state index >= 15 is 0 Å². The van der Waals surface area contributed by atoms with Gasteiger partial charge in [0.25, 0.3) is 0 Å². The number of ether oxygens (including phenoxy) is 1. The van der Waals surface area contributed by atoms with Crippen LogP contribution < -0.4 is 5.32 Å². The highest BCUT2D eigenvalue weighted by molar-refractivity contribution is 5.18. The lowest BCUT2D eigenvalue weighted by Crippen LogP contribution is -2.36. The Morgan fingerprint density at radius 1 is 1.22 bits per heavy atom. The van der Waals surface area contributed by atoms with Crippen LogP contribution in [0.2, 0.25) is 0 Å². The molecule has 2 nitrogen and oxygen atoms in total. The number of nitrogens with one attached hydrogen (secondary N) is 1. The summed E-state index contributed by atoms with van der Waals surface area (Å²) in [5.41, 5.74) is 0.512. The Balaban J connectivity index is 1.60. The van der Waals surface area contributed by atoms with E-state index in [-0.39, 0.29) is 0 Å². The largest absolute Gasteiger partial charge is 0.379 e. The summed E-state index contributed by atoms with van der Waals surface area (Å²) in [6.07, 6.45) is 2.58. The fourth-order valence-electron chi connectivity index (χ4n) is 2.68. The summed E-state index contributed by atoms with van der Waals surface area (Å²) in [6, 6.07) is 4.03. The van der Waals surface area contributed by atoms with E-state index in [9.17, 15) is 8.78 Å². The van der Waals surface area contributed by atoms with Gasteiger partial charge in [-0.3, -0.25) is 0 Å². The van der Waals surface area contributed by atoms with E-state index in [2.05, 4.69) is 5.32 Å². The minimum absolute atomic E-state index is 0.307. The lowest BCUT2D eigenvalue weighted by Gasteiger charge is -2.18. The van der Waals surface area contributed by atoms with E-state index in [0.717, 1.165) is 18.6 Å². The van der Waals surface area contributed by atoms with Gasteiger partial charge in [0.15, 0.2) is 0 Å². The molecule has 0 bridgehead atoms. The van der Waals surface area contributed by atoms with E-state index in [1.54, 1.807) is 0 Å². The van der Waals surface area contributed by atoms with E-state index < -0.39 is 11.6 Å². The van der Waals surface area contributed by atoms with Crippen LogP contribution in [0.4, 0.5) is 8.78 Å². The topological polar surface area (TPSA) is 21.3 Å². The standard InChI is InChI=1S/C14H17F2NO/c15-11-4-3-10(13(16)5-11)6-17-14-8-18-7-12(14)9-1-2-9/h3-5,9,12,14,17H,1-2,6-8H2. The Labute approximate surface area is 105 Å². The highest BCUT2D eigenvalue weighted by atomic mass is 19.1. The molecule has 1 N–H and O–H groups in total. The van der Waals surface area contributed by atoms with Gasteiger partial charge in [0.05, 0.1) is 13.2 Å². The van der Waals surface area contributed by atoms with E-state index in [1.165, 1.54) is 25.0 Å². The summed E-state index contributed by atoms with van der Waals surface area (Å²) >= 11 is 0. The third-order valence-electron chi connectivity index (χ3n) is 3.92. The van der Waals surface area contributed by atoms with E-state index in [0.29, 0.717) is 30.7 Å².